The Hall–Kier alpha value is -3.54. The van der Waals surface area contributed by atoms with Crippen LogP contribution >= 0.6 is 11.6 Å². The fraction of sp³-hybridized carbons (Fsp3) is 0.469. The van der Waals surface area contributed by atoms with Crippen molar-refractivity contribution in [1.82, 2.24) is 19.5 Å². The van der Waals surface area contributed by atoms with Crippen molar-refractivity contribution in [3.05, 3.63) is 65.7 Å². The van der Waals surface area contributed by atoms with Crippen molar-refractivity contribution in [1.29, 1.82) is 5.26 Å². The Bertz CT molecular complexity index is 1590. The Morgan fingerprint density at radius 3 is 2.51 bits per heavy atom. The fourth-order valence-electron chi connectivity index (χ4n) is 7.80. The molecule has 3 aliphatic heterocycles. The second-order valence-corrected chi connectivity index (χ2v) is 13.6. The number of allylic oxidation sites excluding steroid dienone is 2. The maximum absolute atomic E-state index is 10.3. The van der Waals surface area contributed by atoms with Gasteiger partial charge in [0.1, 0.15) is 11.9 Å². The molecule has 9 heteroatoms. The number of halogens is 1. The van der Waals surface area contributed by atoms with E-state index >= 15 is 0 Å². The number of fused-ring (bicyclic) bond motifs is 1. The summed E-state index contributed by atoms with van der Waals surface area (Å²) in [5.41, 5.74) is 4.10. The summed E-state index contributed by atoms with van der Waals surface area (Å²) in [4.78, 5) is 12.0. The number of nitriles is 1. The van der Waals surface area contributed by atoms with Crippen LogP contribution in [0.25, 0.3) is 16.6 Å². The smallest absolute Gasteiger partial charge is 0.128 e. The minimum absolute atomic E-state index is 0.0488. The summed E-state index contributed by atoms with van der Waals surface area (Å²) in [7, 11) is 0. The summed E-state index contributed by atoms with van der Waals surface area (Å²) in [5, 5.41) is 25.4. The first kappa shape index (κ1) is 26.4. The number of nitrogens with zero attached hydrogens (tertiary/aromatic N) is 7. The van der Waals surface area contributed by atoms with Crippen LogP contribution in [0.15, 0.2) is 60.2 Å². The third-order valence-corrected chi connectivity index (χ3v) is 10.3. The summed E-state index contributed by atoms with van der Waals surface area (Å²) in [6, 6.07) is 8.88. The molecule has 212 valence electrons. The Balaban J connectivity index is 1.11. The molecule has 1 unspecified atom stereocenters. The van der Waals surface area contributed by atoms with Gasteiger partial charge in [0.25, 0.3) is 0 Å². The van der Waals surface area contributed by atoms with E-state index in [1.165, 1.54) is 0 Å². The van der Waals surface area contributed by atoms with Gasteiger partial charge in [0.05, 0.1) is 40.8 Å². The van der Waals surface area contributed by atoms with E-state index in [9.17, 15) is 10.4 Å². The van der Waals surface area contributed by atoms with Crippen molar-refractivity contribution in [2.24, 2.45) is 5.41 Å². The van der Waals surface area contributed by atoms with E-state index in [2.05, 4.69) is 64.1 Å². The fourth-order valence-corrected chi connectivity index (χ4v) is 7.98. The predicted octanol–water partition coefficient (Wildman–Crippen LogP) is 5.32. The van der Waals surface area contributed by atoms with Crippen LogP contribution in [-0.2, 0) is 0 Å². The first-order valence-corrected chi connectivity index (χ1v) is 14.9. The van der Waals surface area contributed by atoms with Crippen molar-refractivity contribution in [2.45, 2.75) is 63.6 Å². The summed E-state index contributed by atoms with van der Waals surface area (Å²) in [6.07, 6.45) is 15.5. The van der Waals surface area contributed by atoms with E-state index in [1.807, 2.05) is 36.0 Å². The van der Waals surface area contributed by atoms with Gasteiger partial charge in [0, 0.05) is 65.7 Å². The van der Waals surface area contributed by atoms with Gasteiger partial charge in [-0.1, -0.05) is 11.6 Å². The molecule has 0 radical (unpaired) electrons. The zero-order chi connectivity index (χ0) is 28.6. The van der Waals surface area contributed by atoms with Gasteiger partial charge in [-0.05, 0) is 76.8 Å². The highest BCUT2D eigenvalue weighted by Gasteiger charge is 2.57. The number of pyridine rings is 2. The first-order valence-electron chi connectivity index (χ1n) is 14.5. The van der Waals surface area contributed by atoms with Crippen molar-refractivity contribution in [2.75, 3.05) is 36.0 Å². The average Bonchev–Trinajstić information content (AvgIpc) is 3.35. The molecule has 8 nitrogen and oxygen atoms in total. The van der Waals surface area contributed by atoms with E-state index in [0.717, 1.165) is 85.0 Å². The lowest BCUT2D eigenvalue weighted by Gasteiger charge is -2.62. The minimum Gasteiger partial charge on any atom is -0.390 e. The van der Waals surface area contributed by atoms with Crippen molar-refractivity contribution in [3.63, 3.8) is 0 Å². The van der Waals surface area contributed by atoms with E-state index in [4.69, 9.17) is 16.6 Å². The summed E-state index contributed by atoms with van der Waals surface area (Å²) >= 11 is 6.46. The number of aromatic nitrogens is 3. The zero-order valence-electron chi connectivity index (χ0n) is 23.9. The van der Waals surface area contributed by atoms with Crippen LogP contribution in [0.3, 0.4) is 0 Å². The normalized spacial score (nSPS) is 24.1. The first-order chi connectivity index (χ1) is 19.6. The minimum atomic E-state index is -0.528. The summed E-state index contributed by atoms with van der Waals surface area (Å²) in [6.45, 7) is 10.1. The van der Waals surface area contributed by atoms with E-state index in [-0.39, 0.29) is 17.0 Å². The molecular formula is C32H36ClN7O. The van der Waals surface area contributed by atoms with Crippen LogP contribution in [0.5, 0.6) is 0 Å². The molecule has 1 atom stereocenters. The highest BCUT2D eigenvalue weighted by molar-refractivity contribution is 6.30. The standard InChI is InChI=1S/C32H36ClN7O/c1-22-27(33)5-4-10-39(22)30(2)8-11-37(12-9-30)28-7-6-23(15-35-28)26-13-25(17-40-29(26)24(14-34)16-36-40)38-20-32(21-38)18-31(3,41)19-32/h4-7,10,13,15-17,22,41H,8-9,11-12,18-21H2,1-3H3. The molecule has 3 aromatic heterocycles. The molecular weight excluding hydrogens is 534 g/mol. The largest absolute Gasteiger partial charge is 0.390 e. The van der Waals surface area contributed by atoms with E-state index < -0.39 is 5.60 Å². The van der Waals surface area contributed by atoms with E-state index in [1.54, 1.807) is 6.20 Å². The highest BCUT2D eigenvalue weighted by Crippen LogP contribution is 2.55. The van der Waals surface area contributed by atoms with Gasteiger partial charge in [0.15, 0.2) is 0 Å². The third kappa shape index (κ3) is 4.38. The Morgan fingerprint density at radius 1 is 1.10 bits per heavy atom. The lowest BCUT2D eigenvalue weighted by Crippen LogP contribution is -2.67. The maximum Gasteiger partial charge on any atom is 0.128 e. The molecule has 41 heavy (non-hydrogen) atoms. The molecule has 0 bridgehead atoms. The van der Waals surface area contributed by atoms with Crippen LogP contribution in [-0.4, -0.2) is 68.0 Å². The van der Waals surface area contributed by atoms with Crippen molar-refractivity contribution < 1.29 is 5.11 Å². The summed E-state index contributed by atoms with van der Waals surface area (Å²) in [5.74, 6) is 0.971. The second kappa shape index (κ2) is 9.23. The number of hydrogen-bond donors (Lipinski definition) is 1. The van der Waals surface area contributed by atoms with Crippen LogP contribution in [0, 0.1) is 16.7 Å². The van der Waals surface area contributed by atoms with Crippen LogP contribution in [0.1, 0.15) is 52.0 Å². The van der Waals surface area contributed by atoms with Gasteiger partial charge >= 0.3 is 0 Å². The van der Waals surface area contributed by atoms with E-state index in [0.29, 0.717) is 5.56 Å². The molecule has 6 heterocycles. The third-order valence-electron chi connectivity index (χ3n) is 9.81. The zero-order valence-corrected chi connectivity index (χ0v) is 24.6. The number of hydrogen-bond acceptors (Lipinski definition) is 7. The molecule has 1 aliphatic carbocycles. The van der Waals surface area contributed by atoms with Crippen LogP contribution in [0.2, 0.25) is 0 Å². The number of anilines is 2. The molecule has 1 saturated carbocycles. The monoisotopic (exact) mass is 569 g/mol. The molecule has 3 fully saturated rings. The predicted molar refractivity (Wildman–Crippen MR) is 162 cm³/mol. The lowest BCUT2D eigenvalue weighted by molar-refractivity contribution is -0.126. The molecule has 1 spiro atoms. The number of piperidine rings is 1. The maximum atomic E-state index is 10.3. The van der Waals surface area contributed by atoms with Crippen LogP contribution < -0.4 is 9.80 Å². The average molecular weight is 570 g/mol. The van der Waals surface area contributed by atoms with Gasteiger partial charge in [-0.2, -0.15) is 10.4 Å². The van der Waals surface area contributed by atoms with Gasteiger partial charge in [0.2, 0.25) is 0 Å². The van der Waals surface area contributed by atoms with Crippen molar-refractivity contribution in [3.8, 4) is 17.2 Å². The molecule has 4 aliphatic rings. The van der Waals surface area contributed by atoms with Crippen LogP contribution in [0.4, 0.5) is 11.5 Å². The number of rotatable bonds is 4. The highest BCUT2D eigenvalue weighted by atomic mass is 35.5. The molecule has 2 saturated heterocycles. The lowest BCUT2D eigenvalue weighted by atomic mass is 9.56. The Kier molecular flexibility index (Phi) is 5.94. The molecule has 0 amide bonds. The van der Waals surface area contributed by atoms with Gasteiger partial charge in [-0.25, -0.2) is 9.50 Å². The summed E-state index contributed by atoms with van der Waals surface area (Å²) < 4.78 is 1.82. The Morgan fingerprint density at radius 2 is 1.85 bits per heavy atom. The number of aliphatic hydroxyl groups is 1. The van der Waals surface area contributed by atoms with Gasteiger partial charge < -0.3 is 19.8 Å². The molecule has 0 aromatic carbocycles. The topological polar surface area (TPSA) is 83.9 Å². The van der Waals surface area contributed by atoms with Crippen molar-refractivity contribution >= 4 is 28.6 Å². The van der Waals surface area contributed by atoms with Gasteiger partial charge in [-0.3, -0.25) is 0 Å². The molecule has 7 rings (SSSR count). The molecule has 1 N–H and O–H groups in total. The second-order valence-electron chi connectivity index (χ2n) is 13.1. The Labute approximate surface area is 246 Å². The van der Waals surface area contributed by atoms with Gasteiger partial charge in [-0.15, -0.1) is 0 Å². The quantitative estimate of drug-likeness (QED) is 0.455. The SMILES string of the molecule is CC1C(Cl)=CC=CN1C1(C)CCN(c2ccc(-c3cc(N4CC5(C4)CC(C)(O)C5)cn4ncc(C#N)c34)cn2)CC1. The molecule has 3 aromatic rings.